The lowest BCUT2D eigenvalue weighted by Crippen LogP contribution is -2.31. The second kappa shape index (κ2) is 10.8. The number of halogens is 6. The second-order valence-electron chi connectivity index (χ2n) is 8.92. The van der Waals surface area contributed by atoms with E-state index in [0.29, 0.717) is 0 Å². The third kappa shape index (κ3) is 4.74. The maximum absolute atomic E-state index is 13.7. The third-order valence-electron chi connectivity index (χ3n) is 6.07. The first-order valence-electron chi connectivity index (χ1n) is 12.4. The fourth-order valence-electron chi connectivity index (χ4n) is 4.06. The molecule has 3 aliphatic heterocycles. The maximum atomic E-state index is 13.7. The lowest BCUT2D eigenvalue weighted by Gasteiger charge is -2.08. The summed E-state index contributed by atoms with van der Waals surface area (Å²) in [7, 11) is 0. The van der Waals surface area contributed by atoms with Crippen LogP contribution in [-0.2, 0) is 0 Å². The van der Waals surface area contributed by atoms with Crippen molar-refractivity contribution in [2.75, 3.05) is 0 Å². The zero-order valence-electron chi connectivity index (χ0n) is 22.4. The first kappa shape index (κ1) is 29.1. The number of fused-ring (bicyclic) bond motifs is 3. The molecule has 0 aliphatic carbocycles. The molecule has 0 unspecified atom stereocenters. The summed E-state index contributed by atoms with van der Waals surface area (Å²) in [5.41, 5.74) is -5.50. The van der Waals surface area contributed by atoms with Gasteiger partial charge in [0.1, 0.15) is 34.9 Å². The molecule has 0 aromatic carbocycles. The molecule has 0 saturated carbocycles. The van der Waals surface area contributed by atoms with Crippen LogP contribution in [0.5, 0.6) is 0 Å². The van der Waals surface area contributed by atoms with E-state index >= 15 is 0 Å². The Hall–Kier alpha value is -7.61. The van der Waals surface area contributed by atoms with Crippen LogP contribution in [0.2, 0.25) is 0 Å². The Morgan fingerprint density at radius 2 is 0.646 bits per heavy atom. The predicted octanol–water partition coefficient (Wildman–Crippen LogP) is -1.88. The highest BCUT2D eigenvalue weighted by Crippen LogP contribution is 2.27. The lowest BCUT2D eigenvalue weighted by molar-refractivity contribution is 0.443. The van der Waals surface area contributed by atoms with Crippen molar-refractivity contribution in [3.8, 4) is 18.2 Å². The van der Waals surface area contributed by atoms with Gasteiger partial charge in [-0.3, -0.25) is 0 Å². The van der Waals surface area contributed by atoms with E-state index in [-0.39, 0.29) is 0 Å². The highest BCUT2D eigenvalue weighted by Gasteiger charge is 2.25. The van der Waals surface area contributed by atoms with Crippen molar-refractivity contribution in [1.82, 2.24) is 39.9 Å². The van der Waals surface area contributed by atoms with Gasteiger partial charge in [-0.25, -0.2) is 39.9 Å². The van der Waals surface area contributed by atoms with Crippen LogP contribution in [0.15, 0.2) is 53.5 Å². The fraction of sp³-hybridized carbons (Fsp3) is 0. The minimum Gasteiger partial charge on any atom is -0.226 e. The normalized spacial score (nSPS) is 13.2. The van der Waals surface area contributed by atoms with Gasteiger partial charge in [0, 0.05) is 0 Å². The molecule has 4 aromatic heterocycles. The van der Waals surface area contributed by atoms with E-state index in [4.69, 9.17) is 0 Å². The quantitative estimate of drug-likeness (QED) is 0.175. The van der Waals surface area contributed by atoms with Gasteiger partial charge in [-0.2, -0.15) is 72.0 Å². The van der Waals surface area contributed by atoms with Gasteiger partial charge in [-0.15, -0.1) is 0 Å². The number of rotatable bonds is 3. The molecule has 3 aliphatic rings. The van der Waals surface area contributed by atoms with Gasteiger partial charge in [0.15, 0.2) is 23.3 Å². The van der Waals surface area contributed by atoms with Gasteiger partial charge >= 0.3 is 0 Å². The van der Waals surface area contributed by atoms with E-state index in [1.807, 2.05) is 0 Å². The molecule has 0 atom stereocenters. The molecule has 4 aromatic rings. The Balaban J connectivity index is 1.50. The van der Waals surface area contributed by atoms with Crippen molar-refractivity contribution < 1.29 is 26.3 Å². The number of nitrogens with zero attached hydrogens (tertiary/aromatic N) is 17. The fourth-order valence-corrected chi connectivity index (χ4v) is 4.06. The number of aromatic nitrogens is 8. The molecule has 0 fully saturated rings. The molecule has 0 amide bonds. The largest absolute Gasteiger partial charge is 0.270 e. The average molecular weight is 653 g/mol. The maximum Gasteiger partial charge on any atom is 0.270 e. The Bertz CT molecular complexity index is 2400. The van der Waals surface area contributed by atoms with Crippen LogP contribution in [0.3, 0.4) is 0 Å². The van der Waals surface area contributed by atoms with Crippen molar-refractivity contribution in [2.45, 2.75) is 0 Å². The van der Waals surface area contributed by atoms with Gasteiger partial charge in [-0.1, -0.05) is 0 Å². The van der Waals surface area contributed by atoms with E-state index < -0.39 is 120 Å². The van der Waals surface area contributed by atoms with E-state index in [1.54, 1.807) is 18.2 Å². The summed E-state index contributed by atoms with van der Waals surface area (Å²) in [6.07, 6.45) is 0. The molecular weight excluding hydrogens is 652 g/mol. The average Bonchev–Trinajstić information content (AvgIpc) is 3.76. The summed E-state index contributed by atoms with van der Waals surface area (Å²) < 4.78 is 82.1. The summed E-state index contributed by atoms with van der Waals surface area (Å²) in [5, 5.41) is 30.2. The molecule has 0 bridgehead atoms. The summed E-state index contributed by atoms with van der Waals surface area (Å²) in [6.45, 7) is 0. The van der Waals surface area contributed by atoms with E-state index in [0.717, 1.165) is 6.07 Å². The molecule has 7 heterocycles. The summed E-state index contributed by atoms with van der Waals surface area (Å²) in [5.74, 6) is -11.8. The molecule has 7 rings (SSSR count). The molecular formula is C25HF6N17. The minimum absolute atomic E-state index is 0.428. The van der Waals surface area contributed by atoms with Gasteiger partial charge in [-0.05, 0) is 6.07 Å². The van der Waals surface area contributed by atoms with Crippen LogP contribution in [0.1, 0.15) is 17.2 Å². The van der Waals surface area contributed by atoms with Gasteiger partial charge in [0.05, 0.1) is 11.4 Å². The highest BCUT2D eigenvalue weighted by molar-refractivity contribution is 5.84. The lowest BCUT2D eigenvalue weighted by atomic mass is 10.1. The number of nitriles is 3. The number of hydrogen-bond donors (Lipinski definition) is 0. The Morgan fingerprint density at radius 1 is 0.396 bits per heavy atom. The van der Waals surface area contributed by atoms with Crippen LogP contribution in [-0.4, -0.2) is 39.9 Å². The van der Waals surface area contributed by atoms with E-state index in [1.165, 1.54) is 0 Å². The van der Waals surface area contributed by atoms with Crippen molar-refractivity contribution in [1.29, 1.82) is 15.8 Å². The molecule has 0 saturated heterocycles. The smallest absolute Gasteiger partial charge is 0.226 e. The molecule has 0 radical (unpaired) electrons. The Morgan fingerprint density at radius 3 is 0.896 bits per heavy atom. The van der Waals surface area contributed by atoms with Crippen LogP contribution >= 0.6 is 0 Å². The molecule has 228 valence electrons. The van der Waals surface area contributed by atoms with Gasteiger partial charge in [0.25, 0.3) is 35.7 Å². The molecule has 0 spiro atoms. The molecule has 48 heavy (non-hydrogen) atoms. The Labute approximate surface area is 256 Å². The minimum atomic E-state index is -1.61. The molecule has 17 nitrogen and oxygen atoms in total. The standard InChI is InChI=1S/C25HF6N17/c26-10-11(27)38-21-20(37-10)43-16(44-21)5(2-32)8-1-9(6(3-33)17-45-22-23(46-17)40-13(29)12(28)39-22)36-18(35-8)7(4-34)19-47-24-25(48-19)42-15(31)14(30)41-24/h1H. The number of hydrogen-bond acceptors (Lipinski definition) is 17. The highest BCUT2D eigenvalue weighted by atomic mass is 19.2. The van der Waals surface area contributed by atoms with Gasteiger partial charge < -0.3 is 0 Å². The summed E-state index contributed by atoms with van der Waals surface area (Å²) in [4.78, 5) is 51.2. The number of allylic oxidation sites excluding steroid dienone is 3. The second-order valence-corrected chi connectivity index (χ2v) is 8.92. The predicted molar refractivity (Wildman–Crippen MR) is 132 cm³/mol. The van der Waals surface area contributed by atoms with Crippen LogP contribution in [0.25, 0.3) is 16.7 Å². The monoisotopic (exact) mass is 653 g/mol. The SMILES string of the molecule is N#CC(=C1N=c2nc(F)c(F)nc2=N1)c1cc(C(C#N)=C2N=c3nc(F)c(F)nc3=N2)nc(C(C#N)=C2N=c3nc(F)c(F)nc3=N2)n1. The van der Waals surface area contributed by atoms with E-state index in [9.17, 15) is 42.1 Å². The van der Waals surface area contributed by atoms with Crippen molar-refractivity contribution in [3.05, 3.63) is 109 Å². The summed E-state index contributed by atoms with van der Waals surface area (Å²) >= 11 is 0. The first-order valence-corrected chi connectivity index (χ1v) is 12.4. The molecule has 0 N–H and O–H groups in total. The zero-order chi connectivity index (χ0) is 33.9. The van der Waals surface area contributed by atoms with E-state index in [2.05, 4.69) is 69.8 Å². The van der Waals surface area contributed by atoms with Gasteiger partial charge in [0.2, 0.25) is 32.9 Å². The zero-order valence-corrected chi connectivity index (χ0v) is 22.4. The Kier molecular flexibility index (Phi) is 6.54. The van der Waals surface area contributed by atoms with Crippen molar-refractivity contribution >= 4 is 16.7 Å². The van der Waals surface area contributed by atoms with Crippen LogP contribution in [0, 0.1) is 69.7 Å². The van der Waals surface area contributed by atoms with Crippen molar-refractivity contribution in [3.63, 3.8) is 0 Å². The first-order chi connectivity index (χ1) is 23.1. The van der Waals surface area contributed by atoms with Crippen LogP contribution < -0.4 is 32.9 Å². The summed E-state index contributed by atoms with van der Waals surface area (Å²) in [6, 6.07) is 6.20. The molecule has 23 heteroatoms. The van der Waals surface area contributed by atoms with Crippen molar-refractivity contribution in [2.24, 2.45) is 30.0 Å². The van der Waals surface area contributed by atoms with Crippen LogP contribution in [0.4, 0.5) is 26.3 Å². The third-order valence-corrected chi connectivity index (χ3v) is 6.07. The topological polar surface area (TPSA) is 249 Å².